The van der Waals surface area contributed by atoms with E-state index in [1.807, 2.05) is 0 Å². The summed E-state index contributed by atoms with van der Waals surface area (Å²) in [6, 6.07) is 17.9. The van der Waals surface area contributed by atoms with Gasteiger partial charge in [0.2, 0.25) is 0 Å². The molecule has 3 atom stereocenters. The van der Waals surface area contributed by atoms with Crippen LogP contribution in [0.4, 0.5) is 0 Å². The predicted octanol–water partition coefficient (Wildman–Crippen LogP) is 16.2. The minimum Gasteiger partial charge on any atom is -0.145 e. The number of allylic oxidation sites excluding steroid dienone is 3. The number of benzene rings is 6. The molecule has 14 rings (SSSR count). The summed E-state index contributed by atoms with van der Waals surface area (Å²) in [5, 5.41) is 19.2. The zero-order valence-corrected chi connectivity index (χ0v) is 34.9. The average molecular weight is 759 g/mol. The van der Waals surface area contributed by atoms with Gasteiger partial charge in [-0.2, -0.15) is 0 Å². The Bertz CT molecular complexity index is 3090. The molecule has 0 bridgehead atoms. The van der Waals surface area contributed by atoms with Gasteiger partial charge in [0, 0.05) is 26.0 Å². The van der Waals surface area contributed by atoms with Crippen molar-refractivity contribution >= 4 is 87.6 Å². The molecule has 1 heterocycles. The number of aryl methyl sites for hydroxylation is 1. The highest BCUT2D eigenvalue weighted by Crippen LogP contribution is 2.91. The molecular formula is C56H54S. The molecule has 1 saturated carbocycles. The molecule has 0 saturated heterocycles. The Labute approximate surface area is 341 Å². The molecule has 1 fully saturated rings. The van der Waals surface area contributed by atoms with Gasteiger partial charge in [-0.1, -0.05) is 159 Å². The second-order valence-electron chi connectivity index (χ2n) is 19.8. The van der Waals surface area contributed by atoms with E-state index in [1.54, 1.807) is 108 Å². The van der Waals surface area contributed by atoms with Crippen molar-refractivity contribution in [3.63, 3.8) is 0 Å². The highest BCUT2D eigenvalue weighted by Gasteiger charge is 2.89. The van der Waals surface area contributed by atoms with Gasteiger partial charge in [0.25, 0.3) is 0 Å². The van der Waals surface area contributed by atoms with Crippen LogP contribution < -0.4 is 0 Å². The van der Waals surface area contributed by atoms with Crippen molar-refractivity contribution in [1.29, 1.82) is 0 Å². The van der Waals surface area contributed by atoms with E-state index in [-0.39, 0.29) is 16.2 Å². The SMILES string of the molecule is CCCCCCCCCCCCCCCCCC1(c2ccc(CC)s2)C23C=Cc4cc5c6c7c4C21c1c2c4c(cc8ccc9cc(c6c6c9c8c4c6c17)C5)CC2=C3. The smallest absolute Gasteiger partial charge is 0.0478 e. The van der Waals surface area contributed by atoms with E-state index in [0.29, 0.717) is 0 Å². The Morgan fingerprint density at radius 3 is 1.82 bits per heavy atom. The lowest BCUT2D eigenvalue weighted by atomic mass is 9.71. The molecule has 8 aromatic rings. The largest absolute Gasteiger partial charge is 0.145 e. The fraction of sp³-hybridized carbons (Fsp3) is 0.429. The summed E-state index contributed by atoms with van der Waals surface area (Å²) in [7, 11) is 0. The molecule has 6 aliphatic carbocycles. The highest BCUT2D eigenvalue weighted by atomic mass is 32.1. The first-order valence-corrected chi connectivity index (χ1v) is 24.3. The number of hydrogen-bond acceptors (Lipinski definition) is 1. The summed E-state index contributed by atoms with van der Waals surface area (Å²) in [4.78, 5) is 3.24. The average Bonchev–Trinajstić information content (AvgIpc) is 3.92. The molecule has 1 aromatic heterocycles. The summed E-state index contributed by atoms with van der Waals surface area (Å²) < 4.78 is 0. The van der Waals surface area contributed by atoms with Crippen molar-refractivity contribution in [3.05, 3.63) is 103 Å². The lowest BCUT2D eigenvalue weighted by molar-refractivity contribution is 0.480. The third-order valence-electron chi connectivity index (χ3n) is 17.3. The van der Waals surface area contributed by atoms with Gasteiger partial charge in [-0.15, -0.1) is 11.3 Å². The summed E-state index contributed by atoms with van der Waals surface area (Å²) in [6.07, 6.45) is 34.3. The van der Waals surface area contributed by atoms with Gasteiger partial charge in [-0.05, 0) is 147 Å². The maximum atomic E-state index is 2.91. The van der Waals surface area contributed by atoms with Crippen LogP contribution in [0.2, 0.25) is 0 Å². The normalized spacial score (nSPS) is 23.9. The monoisotopic (exact) mass is 758 g/mol. The Morgan fingerprint density at radius 1 is 0.544 bits per heavy atom. The standard InChI is InChI=1S/C56H54S/c1-3-5-6-7-8-9-10-11-12-13-14-15-16-17-18-24-55(40-22-21-39(4-2)57-40)54-25-23-34-28-37-29-35-26-32-19-20-33-27-36-30-38(31-54)46-45(36)48-42(33)41(32)47-43(35)44(37)50-51(49(47)48)53(46)56(54,55)52(34)50/h19-23,25-28,31H,3-18,24,29-30H2,1-2H3. The molecule has 3 unspecified atom stereocenters. The van der Waals surface area contributed by atoms with Crippen LogP contribution in [0.3, 0.4) is 0 Å². The number of unbranched alkanes of at least 4 members (excludes halogenated alkanes) is 14. The van der Waals surface area contributed by atoms with E-state index < -0.39 is 0 Å². The topological polar surface area (TPSA) is 0 Å². The molecule has 0 N–H and O–H groups in total. The fourth-order valence-electron chi connectivity index (χ4n) is 15.3. The van der Waals surface area contributed by atoms with Gasteiger partial charge < -0.3 is 0 Å². The Morgan fingerprint density at radius 2 is 1.14 bits per heavy atom. The predicted molar refractivity (Wildman–Crippen MR) is 247 cm³/mol. The summed E-state index contributed by atoms with van der Waals surface area (Å²) in [6.45, 7) is 4.68. The van der Waals surface area contributed by atoms with Gasteiger partial charge >= 0.3 is 0 Å². The van der Waals surface area contributed by atoms with Crippen LogP contribution in [-0.4, -0.2) is 0 Å². The van der Waals surface area contributed by atoms with Crippen LogP contribution >= 0.6 is 11.3 Å². The second-order valence-corrected chi connectivity index (χ2v) is 21.0. The van der Waals surface area contributed by atoms with E-state index in [1.165, 1.54) is 114 Å². The molecule has 0 nitrogen and oxygen atoms in total. The molecule has 57 heavy (non-hydrogen) atoms. The van der Waals surface area contributed by atoms with Crippen molar-refractivity contribution in [3.8, 4) is 0 Å². The first-order valence-electron chi connectivity index (χ1n) is 23.5. The lowest BCUT2D eigenvalue weighted by Gasteiger charge is -2.31. The zero-order chi connectivity index (χ0) is 37.4. The molecule has 0 amide bonds. The maximum Gasteiger partial charge on any atom is 0.0478 e. The van der Waals surface area contributed by atoms with Crippen molar-refractivity contribution in [2.24, 2.45) is 5.41 Å². The third kappa shape index (κ3) is 3.54. The van der Waals surface area contributed by atoms with Gasteiger partial charge in [0.05, 0.1) is 0 Å². The van der Waals surface area contributed by atoms with Gasteiger partial charge in [0.15, 0.2) is 0 Å². The summed E-state index contributed by atoms with van der Waals surface area (Å²) in [5.74, 6) is 0. The van der Waals surface area contributed by atoms with Crippen LogP contribution in [-0.2, 0) is 30.1 Å². The van der Waals surface area contributed by atoms with E-state index >= 15 is 0 Å². The molecule has 0 aliphatic heterocycles. The fourth-order valence-corrected chi connectivity index (χ4v) is 16.6. The van der Waals surface area contributed by atoms with Crippen LogP contribution in [0, 0.1) is 5.41 Å². The van der Waals surface area contributed by atoms with Gasteiger partial charge in [-0.3, -0.25) is 0 Å². The lowest BCUT2D eigenvalue weighted by Crippen LogP contribution is -2.25. The van der Waals surface area contributed by atoms with Crippen LogP contribution in [0.1, 0.15) is 165 Å². The minimum absolute atomic E-state index is 0.00502. The van der Waals surface area contributed by atoms with Crippen LogP contribution in [0.15, 0.2) is 54.6 Å². The number of hydrogen-bond donors (Lipinski definition) is 0. The van der Waals surface area contributed by atoms with Gasteiger partial charge in [0.1, 0.15) is 0 Å². The Hall–Kier alpha value is -3.94. The van der Waals surface area contributed by atoms with E-state index in [4.69, 9.17) is 0 Å². The molecule has 0 radical (unpaired) electrons. The van der Waals surface area contributed by atoms with Crippen LogP contribution in [0.25, 0.3) is 76.3 Å². The molecule has 7 aromatic carbocycles. The first kappa shape index (κ1) is 33.0. The number of thiophene rings is 1. The Balaban J connectivity index is 0.876. The third-order valence-corrected chi connectivity index (χ3v) is 18.7. The quantitative estimate of drug-likeness (QED) is 0.0604. The van der Waals surface area contributed by atoms with Crippen molar-refractivity contribution in [2.45, 2.75) is 147 Å². The van der Waals surface area contributed by atoms with Crippen LogP contribution in [0.5, 0.6) is 0 Å². The zero-order valence-electron chi connectivity index (χ0n) is 34.1. The maximum absolute atomic E-state index is 2.91. The van der Waals surface area contributed by atoms with Crippen molar-refractivity contribution in [2.75, 3.05) is 0 Å². The molecule has 1 heteroatoms. The van der Waals surface area contributed by atoms with Gasteiger partial charge in [-0.25, -0.2) is 0 Å². The van der Waals surface area contributed by atoms with E-state index in [0.717, 1.165) is 19.3 Å². The van der Waals surface area contributed by atoms with E-state index in [2.05, 4.69) is 85.9 Å². The highest BCUT2D eigenvalue weighted by molar-refractivity contribution is 7.12. The van der Waals surface area contributed by atoms with Crippen molar-refractivity contribution in [1.82, 2.24) is 0 Å². The second kappa shape index (κ2) is 11.2. The van der Waals surface area contributed by atoms with Crippen molar-refractivity contribution < 1.29 is 0 Å². The molecule has 1 spiro atoms. The molecule has 284 valence electrons. The first-order chi connectivity index (χ1) is 28.2. The van der Waals surface area contributed by atoms with E-state index in [9.17, 15) is 0 Å². The summed E-state index contributed by atoms with van der Waals surface area (Å²) in [5.41, 5.74) is 13.2. The molecular weight excluding hydrogens is 705 g/mol. The number of rotatable bonds is 18. The molecule has 6 aliphatic rings. The Kier molecular flexibility index (Phi) is 6.48. The minimum atomic E-state index is -0.00553. The summed E-state index contributed by atoms with van der Waals surface area (Å²) >= 11 is 2.17.